The molecule has 0 heterocycles. The maximum atomic E-state index is 5.38. The molecular formula is C14H26N2S. The van der Waals surface area contributed by atoms with Crippen molar-refractivity contribution in [3.63, 3.8) is 0 Å². The molecule has 0 aromatic heterocycles. The smallest absolute Gasteiger partial charge is 0.166 e. The summed E-state index contributed by atoms with van der Waals surface area (Å²) in [5.41, 5.74) is 0. The molecule has 2 nitrogen and oxygen atoms in total. The van der Waals surface area contributed by atoms with E-state index in [1.54, 1.807) is 0 Å². The van der Waals surface area contributed by atoms with Crippen molar-refractivity contribution in [1.82, 2.24) is 10.6 Å². The lowest BCUT2D eigenvalue weighted by molar-refractivity contribution is 0.354. The van der Waals surface area contributed by atoms with Crippen molar-refractivity contribution in [2.45, 2.75) is 70.3 Å². The van der Waals surface area contributed by atoms with Crippen molar-refractivity contribution in [1.29, 1.82) is 0 Å². The van der Waals surface area contributed by atoms with Crippen LogP contribution in [-0.2, 0) is 0 Å². The van der Waals surface area contributed by atoms with Crippen LogP contribution in [0.5, 0.6) is 0 Å². The summed E-state index contributed by atoms with van der Waals surface area (Å²) in [5, 5.41) is 7.79. The van der Waals surface area contributed by atoms with Gasteiger partial charge in [0.2, 0.25) is 0 Å². The van der Waals surface area contributed by atoms with Gasteiger partial charge in [-0.25, -0.2) is 0 Å². The van der Waals surface area contributed by atoms with Crippen molar-refractivity contribution in [3.8, 4) is 0 Å². The van der Waals surface area contributed by atoms with E-state index in [2.05, 4.69) is 10.6 Å². The zero-order chi connectivity index (χ0) is 11.9. The normalized spacial score (nSPS) is 23.3. The summed E-state index contributed by atoms with van der Waals surface area (Å²) in [6.45, 7) is 1.08. The van der Waals surface area contributed by atoms with Gasteiger partial charge in [0, 0.05) is 12.6 Å². The Bertz CT molecular complexity index is 230. The molecule has 0 radical (unpaired) electrons. The Kier molecular flexibility index (Phi) is 5.56. The zero-order valence-corrected chi connectivity index (χ0v) is 11.7. The predicted octanol–water partition coefficient (Wildman–Crippen LogP) is 3.36. The number of thiocarbonyl (C=S) groups is 1. The van der Waals surface area contributed by atoms with E-state index in [1.807, 2.05) is 0 Å². The molecule has 0 atom stereocenters. The first kappa shape index (κ1) is 13.1. The van der Waals surface area contributed by atoms with Gasteiger partial charge in [-0.1, -0.05) is 38.5 Å². The molecule has 0 amide bonds. The van der Waals surface area contributed by atoms with Crippen LogP contribution in [0.2, 0.25) is 0 Å². The molecular weight excluding hydrogens is 228 g/mol. The SMILES string of the molecule is S=C(NCC1CCCCC1)NC1CCCCC1. The average Bonchev–Trinajstić information content (AvgIpc) is 2.39. The molecule has 0 aromatic carbocycles. The second-order valence-corrected chi connectivity index (χ2v) is 6.10. The highest BCUT2D eigenvalue weighted by Gasteiger charge is 2.16. The van der Waals surface area contributed by atoms with Crippen LogP contribution in [0.15, 0.2) is 0 Å². The highest BCUT2D eigenvalue weighted by Crippen LogP contribution is 2.22. The van der Waals surface area contributed by atoms with E-state index in [0.29, 0.717) is 6.04 Å². The maximum absolute atomic E-state index is 5.38. The van der Waals surface area contributed by atoms with E-state index in [4.69, 9.17) is 12.2 Å². The summed E-state index contributed by atoms with van der Waals surface area (Å²) in [4.78, 5) is 0. The molecule has 17 heavy (non-hydrogen) atoms. The minimum atomic E-state index is 0.634. The van der Waals surface area contributed by atoms with Crippen LogP contribution in [0.1, 0.15) is 64.2 Å². The largest absolute Gasteiger partial charge is 0.362 e. The number of rotatable bonds is 3. The first-order valence-electron chi connectivity index (χ1n) is 7.39. The third-order valence-corrected chi connectivity index (χ3v) is 4.48. The van der Waals surface area contributed by atoms with Crippen LogP contribution >= 0.6 is 12.2 Å². The Morgan fingerprint density at radius 2 is 1.47 bits per heavy atom. The van der Waals surface area contributed by atoms with Gasteiger partial charge in [0.25, 0.3) is 0 Å². The Morgan fingerprint density at radius 1 is 0.882 bits per heavy atom. The summed E-state index contributed by atoms with van der Waals surface area (Å²) in [5.74, 6) is 0.856. The lowest BCUT2D eigenvalue weighted by Gasteiger charge is -2.26. The molecule has 0 aliphatic heterocycles. The molecule has 0 saturated heterocycles. The highest BCUT2D eigenvalue weighted by molar-refractivity contribution is 7.80. The summed E-state index contributed by atoms with van der Waals surface area (Å²) in [6.07, 6.45) is 13.8. The van der Waals surface area contributed by atoms with Crippen LogP contribution in [0, 0.1) is 5.92 Å². The Labute approximate surface area is 111 Å². The van der Waals surface area contributed by atoms with Gasteiger partial charge < -0.3 is 10.6 Å². The molecule has 0 unspecified atom stereocenters. The molecule has 0 bridgehead atoms. The molecule has 98 valence electrons. The standard InChI is InChI=1S/C14H26N2S/c17-14(16-13-9-5-2-6-10-13)15-11-12-7-3-1-4-8-12/h12-13H,1-11H2,(H2,15,16,17). The first-order valence-corrected chi connectivity index (χ1v) is 7.80. The lowest BCUT2D eigenvalue weighted by atomic mass is 9.89. The summed E-state index contributed by atoms with van der Waals surface area (Å²) >= 11 is 5.38. The minimum Gasteiger partial charge on any atom is -0.362 e. The fourth-order valence-electron chi connectivity index (χ4n) is 3.11. The summed E-state index contributed by atoms with van der Waals surface area (Å²) < 4.78 is 0. The van der Waals surface area contributed by atoms with Gasteiger partial charge in [-0.05, 0) is 43.8 Å². The third-order valence-electron chi connectivity index (χ3n) is 4.22. The van der Waals surface area contributed by atoms with Gasteiger partial charge in [-0.15, -0.1) is 0 Å². The number of hydrogen-bond donors (Lipinski definition) is 2. The van der Waals surface area contributed by atoms with E-state index in [0.717, 1.165) is 17.6 Å². The molecule has 2 aliphatic carbocycles. The Hall–Kier alpha value is -0.310. The van der Waals surface area contributed by atoms with Crippen molar-refractivity contribution in [2.24, 2.45) is 5.92 Å². The summed E-state index contributed by atoms with van der Waals surface area (Å²) in [7, 11) is 0. The summed E-state index contributed by atoms with van der Waals surface area (Å²) in [6, 6.07) is 0.634. The molecule has 2 saturated carbocycles. The fraction of sp³-hybridized carbons (Fsp3) is 0.929. The third kappa shape index (κ3) is 4.82. The maximum Gasteiger partial charge on any atom is 0.166 e. The van der Waals surface area contributed by atoms with Gasteiger partial charge in [-0.2, -0.15) is 0 Å². The van der Waals surface area contributed by atoms with Crippen LogP contribution < -0.4 is 10.6 Å². The second-order valence-electron chi connectivity index (χ2n) is 5.69. The van der Waals surface area contributed by atoms with Gasteiger partial charge in [0.1, 0.15) is 0 Å². The topological polar surface area (TPSA) is 24.1 Å². The van der Waals surface area contributed by atoms with Crippen LogP contribution in [0.4, 0.5) is 0 Å². The van der Waals surface area contributed by atoms with Crippen molar-refractivity contribution in [2.75, 3.05) is 6.54 Å². The number of nitrogens with one attached hydrogen (secondary N) is 2. The molecule has 2 rings (SSSR count). The van der Waals surface area contributed by atoms with E-state index < -0.39 is 0 Å². The van der Waals surface area contributed by atoms with Gasteiger partial charge in [0.15, 0.2) is 5.11 Å². The van der Waals surface area contributed by atoms with Crippen LogP contribution in [-0.4, -0.2) is 17.7 Å². The molecule has 2 aliphatic rings. The fourth-order valence-corrected chi connectivity index (χ4v) is 3.36. The van der Waals surface area contributed by atoms with Crippen molar-refractivity contribution in [3.05, 3.63) is 0 Å². The van der Waals surface area contributed by atoms with Gasteiger partial charge in [-0.3, -0.25) is 0 Å². The van der Waals surface area contributed by atoms with Crippen LogP contribution in [0.3, 0.4) is 0 Å². The second kappa shape index (κ2) is 7.20. The van der Waals surface area contributed by atoms with E-state index in [1.165, 1.54) is 64.2 Å². The lowest BCUT2D eigenvalue weighted by Crippen LogP contribution is -2.44. The average molecular weight is 254 g/mol. The van der Waals surface area contributed by atoms with E-state index in [9.17, 15) is 0 Å². The molecule has 2 fully saturated rings. The quantitative estimate of drug-likeness (QED) is 0.755. The number of hydrogen-bond acceptors (Lipinski definition) is 1. The monoisotopic (exact) mass is 254 g/mol. The first-order chi connectivity index (χ1) is 8.34. The van der Waals surface area contributed by atoms with Crippen molar-refractivity contribution < 1.29 is 0 Å². The molecule has 0 spiro atoms. The van der Waals surface area contributed by atoms with E-state index in [-0.39, 0.29) is 0 Å². The zero-order valence-electron chi connectivity index (χ0n) is 10.8. The predicted molar refractivity (Wildman–Crippen MR) is 77.2 cm³/mol. The van der Waals surface area contributed by atoms with Crippen LogP contribution in [0.25, 0.3) is 0 Å². The molecule has 3 heteroatoms. The Balaban J connectivity index is 1.59. The van der Waals surface area contributed by atoms with E-state index >= 15 is 0 Å². The Morgan fingerprint density at radius 3 is 2.12 bits per heavy atom. The van der Waals surface area contributed by atoms with Gasteiger partial charge in [0.05, 0.1) is 0 Å². The van der Waals surface area contributed by atoms with Crippen molar-refractivity contribution >= 4 is 17.3 Å². The minimum absolute atomic E-state index is 0.634. The molecule has 2 N–H and O–H groups in total. The highest BCUT2D eigenvalue weighted by atomic mass is 32.1. The molecule has 0 aromatic rings. The van der Waals surface area contributed by atoms with Gasteiger partial charge >= 0.3 is 0 Å².